The van der Waals surface area contributed by atoms with E-state index in [-0.39, 0.29) is 0 Å². The number of aryl methyl sites for hydroxylation is 2. The van der Waals surface area contributed by atoms with Gasteiger partial charge in [-0.3, -0.25) is 4.90 Å². The van der Waals surface area contributed by atoms with Gasteiger partial charge in [-0.05, 0) is 79.4 Å². The molecule has 3 heteroatoms. The fourth-order valence-electron chi connectivity index (χ4n) is 4.07. The summed E-state index contributed by atoms with van der Waals surface area (Å²) in [6, 6.07) is 12.7. The number of phenolic OH excluding ortho intramolecular Hbond substituents is 1. The molecule has 1 N–H and O–H groups in total. The van der Waals surface area contributed by atoms with Crippen LogP contribution in [-0.4, -0.2) is 30.2 Å². The molecule has 0 atom stereocenters. The Morgan fingerprint density at radius 3 is 2.33 bits per heavy atom. The first kappa shape index (κ1) is 19.8. The first-order valence-corrected chi connectivity index (χ1v) is 10.3. The highest BCUT2D eigenvalue weighted by molar-refractivity contribution is 5.47. The molecule has 0 saturated carbocycles. The van der Waals surface area contributed by atoms with Crippen molar-refractivity contribution in [1.29, 1.82) is 0 Å². The van der Waals surface area contributed by atoms with Crippen LogP contribution in [0.1, 0.15) is 61.3 Å². The summed E-state index contributed by atoms with van der Waals surface area (Å²) >= 11 is 0. The monoisotopic (exact) mass is 367 g/mol. The minimum Gasteiger partial charge on any atom is -0.508 e. The van der Waals surface area contributed by atoms with E-state index in [0.29, 0.717) is 11.7 Å². The van der Waals surface area contributed by atoms with Gasteiger partial charge in [0.25, 0.3) is 0 Å². The van der Waals surface area contributed by atoms with Crippen LogP contribution in [0.15, 0.2) is 36.4 Å². The lowest BCUT2D eigenvalue weighted by Crippen LogP contribution is -2.19. The average Bonchev–Trinajstić information content (AvgIpc) is 3.17. The summed E-state index contributed by atoms with van der Waals surface area (Å²) < 4.78 is 5.43. The molecule has 0 aliphatic carbocycles. The maximum absolute atomic E-state index is 10.4. The zero-order valence-electron chi connectivity index (χ0n) is 17.0. The van der Waals surface area contributed by atoms with Crippen molar-refractivity contribution in [2.45, 2.75) is 58.4 Å². The molecule has 0 unspecified atom stereocenters. The van der Waals surface area contributed by atoms with Crippen LogP contribution in [0.25, 0.3) is 0 Å². The van der Waals surface area contributed by atoms with Gasteiger partial charge in [0.15, 0.2) is 0 Å². The van der Waals surface area contributed by atoms with Crippen LogP contribution < -0.4 is 4.74 Å². The molecular weight excluding hydrogens is 334 g/mol. The Kier molecular flexibility index (Phi) is 6.78. The van der Waals surface area contributed by atoms with E-state index in [1.807, 2.05) is 0 Å². The molecule has 1 fully saturated rings. The van der Waals surface area contributed by atoms with Crippen LogP contribution >= 0.6 is 0 Å². The second-order valence-electron chi connectivity index (χ2n) is 7.98. The lowest BCUT2D eigenvalue weighted by molar-refractivity contribution is 0.330. The Morgan fingerprint density at radius 2 is 1.67 bits per heavy atom. The van der Waals surface area contributed by atoms with Gasteiger partial charge in [0.2, 0.25) is 0 Å². The fourth-order valence-corrected chi connectivity index (χ4v) is 4.07. The van der Waals surface area contributed by atoms with Gasteiger partial charge in [-0.1, -0.05) is 38.1 Å². The Labute approximate surface area is 164 Å². The SMILES string of the molecule is COc1cc(O)c(CCCc2ccccc2CN2CCCC2)cc1C(C)C. The number of rotatable bonds is 8. The molecule has 0 spiro atoms. The lowest BCUT2D eigenvalue weighted by Gasteiger charge is -2.18. The van der Waals surface area contributed by atoms with Gasteiger partial charge in [-0.15, -0.1) is 0 Å². The van der Waals surface area contributed by atoms with E-state index in [0.717, 1.165) is 37.1 Å². The molecule has 1 heterocycles. The third-order valence-corrected chi connectivity index (χ3v) is 5.66. The van der Waals surface area contributed by atoms with Crippen molar-refractivity contribution < 1.29 is 9.84 Å². The van der Waals surface area contributed by atoms with E-state index in [1.165, 1.54) is 42.6 Å². The molecule has 27 heavy (non-hydrogen) atoms. The van der Waals surface area contributed by atoms with Crippen molar-refractivity contribution >= 4 is 0 Å². The summed E-state index contributed by atoms with van der Waals surface area (Å²) in [6.45, 7) is 7.85. The topological polar surface area (TPSA) is 32.7 Å². The predicted octanol–water partition coefficient (Wildman–Crippen LogP) is 5.30. The van der Waals surface area contributed by atoms with Gasteiger partial charge in [-0.25, -0.2) is 0 Å². The number of aromatic hydroxyl groups is 1. The molecule has 1 saturated heterocycles. The molecule has 0 aromatic heterocycles. The van der Waals surface area contributed by atoms with Crippen molar-refractivity contribution in [1.82, 2.24) is 4.90 Å². The predicted molar refractivity (Wildman–Crippen MR) is 112 cm³/mol. The van der Waals surface area contributed by atoms with Gasteiger partial charge in [0, 0.05) is 12.6 Å². The normalized spacial score (nSPS) is 14.8. The molecule has 0 radical (unpaired) electrons. The van der Waals surface area contributed by atoms with Crippen LogP contribution in [-0.2, 0) is 19.4 Å². The summed E-state index contributed by atoms with van der Waals surface area (Å²) in [4.78, 5) is 2.56. The minimum absolute atomic E-state index is 0.349. The van der Waals surface area contributed by atoms with Crippen molar-refractivity contribution in [3.63, 3.8) is 0 Å². The van der Waals surface area contributed by atoms with Crippen LogP contribution in [0.4, 0.5) is 0 Å². The Morgan fingerprint density at radius 1 is 1.00 bits per heavy atom. The van der Waals surface area contributed by atoms with Crippen LogP contribution in [0, 0.1) is 0 Å². The van der Waals surface area contributed by atoms with E-state index in [9.17, 15) is 5.11 Å². The van der Waals surface area contributed by atoms with Crippen molar-refractivity contribution in [2.75, 3.05) is 20.2 Å². The molecular formula is C24H33NO2. The Balaban J connectivity index is 1.65. The van der Waals surface area contributed by atoms with Gasteiger partial charge >= 0.3 is 0 Å². The van der Waals surface area contributed by atoms with Crippen LogP contribution in [0.5, 0.6) is 11.5 Å². The number of ether oxygens (including phenoxy) is 1. The number of nitrogens with zero attached hydrogens (tertiary/aromatic N) is 1. The third kappa shape index (κ3) is 5.04. The van der Waals surface area contributed by atoms with E-state index in [4.69, 9.17) is 4.74 Å². The van der Waals surface area contributed by atoms with Crippen molar-refractivity contribution in [3.8, 4) is 11.5 Å². The molecule has 0 amide bonds. The molecule has 2 aromatic carbocycles. The number of hydrogen-bond donors (Lipinski definition) is 1. The molecule has 146 valence electrons. The average molecular weight is 368 g/mol. The highest BCUT2D eigenvalue weighted by atomic mass is 16.5. The molecule has 3 nitrogen and oxygen atoms in total. The van der Waals surface area contributed by atoms with E-state index in [1.54, 1.807) is 13.2 Å². The maximum Gasteiger partial charge on any atom is 0.126 e. The maximum atomic E-state index is 10.4. The molecule has 3 rings (SSSR count). The molecule has 2 aromatic rings. The highest BCUT2D eigenvalue weighted by Crippen LogP contribution is 2.33. The first-order chi connectivity index (χ1) is 13.1. The highest BCUT2D eigenvalue weighted by Gasteiger charge is 2.15. The second kappa shape index (κ2) is 9.27. The summed E-state index contributed by atoms with van der Waals surface area (Å²) in [6.07, 6.45) is 5.63. The second-order valence-corrected chi connectivity index (χ2v) is 7.98. The fraction of sp³-hybridized carbons (Fsp3) is 0.500. The number of benzene rings is 2. The van der Waals surface area contributed by atoms with E-state index < -0.39 is 0 Å². The van der Waals surface area contributed by atoms with Gasteiger partial charge in [0.05, 0.1) is 7.11 Å². The largest absolute Gasteiger partial charge is 0.508 e. The quantitative estimate of drug-likeness (QED) is 0.687. The summed E-state index contributed by atoms with van der Waals surface area (Å²) in [5, 5.41) is 10.4. The smallest absolute Gasteiger partial charge is 0.126 e. The Hall–Kier alpha value is -2.00. The zero-order valence-corrected chi connectivity index (χ0v) is 17.0. The third-order valence-electron chi connectivity index (χ3n) is 5.66. The van der Waals surface area contributed by atoms with Gasteiger partial charge in [0.1, 0.15) is 11.5 Å². The Bertz CT molecular complexity index is 748. The van der Waals surface area contributed by atoms with Gasteiger partial charge in [-0.2, -0.15) is 0 Å². The summed E-state index contributed by atoms with van der Waals surface area (Å²) in [7, 11) is 1.66. The minimum atomic E-state index is 0.349. The standard InChI is InChI=1S/C24H33NO2/c1-18(2)22-15-20(23(26)16-24(22)27-3)12-8-11-19-9-4-5-10-21(19)17-25-13-6-7-14-25/h4-5,9-10,15-16,18,26H,6-8,11-14,17H2,1-3H3. The van der Waals surface area contributed by atoms with Crippen LogP contribution in [0.2, 0.25) is 0 Å². The lowest BCUT2D eigenvalue weighted by atomic mass is 9.95. The summed E-state index contributed by atoms with van der Waals surface area (Å²) in [5.41, 5.74) is 5.10. The molecule has 0 bridgehead atoms. The number of likely N-dealkylation sites (tertiary alicyclic amines) is 1. The number of hydrogen-bond acceptors (Lipinski definition) is 3. The number of methoxy groups -OCH3 is 1. The van der Waals surface area contributed by atoms with Crippen LogP contribution in [0.3, 0.4) is 0 Å². The van der Waals surface area contributed by atoms with Gasteiger partial charge < -0.3 is 9.84 Å². The molecule has 1 aliphatic rings. The first-order valence-electron chi connectivity index (χ1n) is 10.3. The van der Waals surface area contributed by atoms with Crippen molar-refractivity contribution in [2.24, 2.45) is 0 Å². The molecule has 1 aliphatic heterocycles. The summed E-state index contributed by atoms with van der Waals surface area (Å²) in [5.74, 6) is 1.50. The van der Waals surface area contributed by atoms with E-state index >= 15 is 0 Å². The zero-order chi connectivity index (χ0) is 19.2. The van der Waals surface area contributed by atoms with E-state index in [2.05, 4.69) is 49.1 Å². The number of phenols is 1. The van der Waals surface area contributed by atoms with Crippen molar-refractivity contribution in [3.05, 3.63) is 58.7 Å².